The standard InChI is InChI=1S/C26H31N3O2S/c1-19(2)31-22-12-10-20(11-13-22)17-29-15-5-7-21(18-29)25(23-8-3-4-14-27-23)28-26(30)24-9-6-16-32-24/h3-4,6,8-14,16,19,21,25H,5,7,15,17-18H2,1-2H3,(H,28,30). The number of amides is 1. The first kappa shape index (κ1) is 22.5. The van der Waals surface area contributed by atoms with Crippen LogP contribution in [-0.4, -0.2) is 35.0 Å². The summed E-state index contributed by atoms with van der Waals surface area (Å²) >= 11 is 1.47. The van der Waals surface area contributed by atoms with Crippen LogP contribution in [0, 0.1) is 5.92 Å². The lowest BCUT2D eigenvalue weighted by Gasteiger charge is -2.37. The van der Waals surface area contributed by atoms with E-state index in [1.165, 1.54) is 16.9 Å². The third-order valence-corrected chi connectivity index (χ3v) is 6.62. The van der Waals surface area contributed by atoms with Gasteiger partial charge in [0.25, 0.3) is 5.91 Å². The van der Waals surface area contributed by atoms with Gasteiger partial charge in [0.15, 0.2) is 0 Å². The molecule has 4 rings (SSSR count). The molecule has 6 heteroatoms. The minimum Gasteiger partial charge on any atom is -0.491 e. The van der Waals surface area contributed by atoms with Crippen LogP contribution in [0.25, 0.3) is 0 Å². The molecule has 3 heterocycles. The Morgan fingerprint density at radius 1 is 1.19 bits per heavy atom. The molecule has 1 saturated heterocycles. The number of aromatic nitrogens is 1. The second-order valence-corrected chi connectivity index (χ2v) is 9.58. The largest absolute Gasteiger partial charge is 0.491 e. The Labute approximate surface area is 194 Å². The van der Waals surface area contributed by atoms with Gasteiger partial charge in [0, 0.05) is 19.3 Å². The molecule has 0 bridgehead atoms. The van der Waals surface area contributed by atoms with E-state index in [1.54, 1.807) is 6.20 Å². The van der Waals surface area contributed by atoms with Crippen molar-refractivity contribution >= 4 is 17.2 Å². The van der Waals surface area contributed by atoms with E-state index in [1.807, 2.05) is 49.6 Å². The second kappa shape index (κ2) is 10.7. The van der Waals surface area contributed by atoms with Crippen molar-refractivity contribution in [2.24, 2.45) is 5.92 Å². The predicted octanol–water partition coefficient (Wildman–Crippen LogP) is 5.31. The molecule has 0 saturated carbocycles. The molecule has 168 valence electrons. The normalized spacial score (nSPS) is 17.8. The highest BCUT2D eigenvalue weighted by atomic mass is 32.1. The summed E-state index contributed by atoms with van der Waals surface area (Å²) in [5.74, 6) is 1.20. The van der Waals surface area contributed by atoms with Crippen LogP contribution in [0.1, 0.15) is 53.7 Å². The third-order valence-electron chi connectivity index (χ3n) is 5.75. The van der Waals surface area contributed by atoms with Gasteiger partial charge in [-0.25, -0.2) is 0 Å². The summed E-state index contributed by atoms with van der Waals surface area (Å²) in [6, 6.07) is 18.0. The summed E-state index contributed by atoms with van der Waals surface area (Å²) in [7, 11) is 0. The van der Waals surface area contributed by atoms with Gasteiger partial charge in [-0.3, -0.25) is 14.7 Å². The fourth-order valence-corrected chi connectivity index (χ4v) is 4.95. The Morgan fingerprint density at radius 3 is 2.72 bits per heavy atom. The number of ether oxygens (including phenoxy) is 1. The molecule has 32 heavy (non-hydrogen) atoms. The van der Waals surface area contributed by atoms with E-state index in [0.29, 0.717) is 5.92 Å². The van der Waals surface area contributed by atoms with Crippen molar-refractivity contribution in [2.45, 2.75) is 45.4 Å². The molecule has 2 atom stereocenters. The smallest absolute Gasteiger partial charge is 0.261 e. The number of carbonyl (C=O) groups excluding carboxylic acids is 1. The van der Waals surface area contributed by atoms with Crippen LogP contribution < -0.4 is 10.1 Å². The maximum absolute atomic E-state index is 12.9. The highest BCUT2D eigenvalue weighted by Gasteiger charge is 2.30. The fraction of sp³-hybridized carbons (Fsp3) is 0.385. The topological polar surface area (TPSA) is 54.5 Å². The quantitative estimate of drug-likeness (QED) is 0.506. The molecular weight excluding hydrogens is 418 g/mol. The molecule has 2 aromatic heterocycles. The van der Waals surface area contributed by atoms with Crippen molar-refractivity contribution < 1.29 is 9.53 Å². The summed E-state index contributed by atoms with van der Waals surface area (Å²) in [6.45, 7) is 6.96. The van der Waals surface area contributed by atoms with Crippen LogP contribution in [0.5, 0.6) is 5.75 Å². The van der Waals surface area contributed by atoms with Gasteiger partial charge in [0.2, 0.25) is 0 Å². The van der Waals surface area contributed by atoms with Gasteiger partial charge in [-0.2, -0.15) is 0 Å². The number of nitrogens with zero attached hydrogens (tertiary/aromatic N) is 2. The Kier molecular flexibility index (Phi) is 7.55. The second-order valence-electron chi connectivity index (χ2n) is 8.63. The van der Waals surface area contributed by atoms with Gasteiger partial charge in [0.1, 0.15) is 5.75 Å². The molecule has 1 aliphatic heterocycles. The SMILES string of the molecule is CC(C)Oc1ccc(CN2CCCC(C(NC(=O)c3cccs3)c3ccccn3)C2)cc1. The first-order chi connectivity index (χ1) is 15.6. The average Bonchev–Trinajstić information content (AvgIpc) is 3.34. The van der Waals surface area contributed by atoms with Crippen LogP contribution >= 0.6 is 11.3 Å². The van der Waals surface area contributed by atoms with Crippen LogP contribution in [0.2, 0.25) is 0 Å². The highest BCUT2D eigenvalue weighted by molar-refractivity contribution is 7.12. The number of thiophene rings is 1. The monoisotopic (exact) mass is 449 g/mol. The van der Waals surface area contributed by atoms with E-state index in [2.05, 4.69) is 39.5 Å². The number of likely N-dealkylation sites (tertiary alicyclic amines) is 1. The number of piperidine rings is 1. The Bertz CT molecular complexity index is 974. The van der Waals surface area contributed by atoms with E-state index >= 15 is 0 Å². The summed E-state index contributed by atoms with van der Waals surface area (Å²) in [4.78, 5) is 20.7. The minimum absolute atomic E-state index is 0.0199. The van der Waals surface area contributed by atoms with E-state index in [9.17, 15) is 4.79 Å². The van der Waals surface area contributed by atoms with Crippen LogP contribution in [0.3, 0.4) is 0 Å². The van der Waals surface area contributed by atoms with Gasteiger partial charge in [0.05, 0.1) is 22.7 Å². The van der Waals surface area contributed by atoms with Gasteiger partial charge in [-0.05, 0) is 80.4 Å². The Balaban J connectivity index is 1.45. The molecule has 1 aromatic carbocycles. The average molecular weight is 450 g/mol. The number of hydrogen-bond acceptors (Lipinski definition) is 5. The summed E-state index contributed by atoms with van der Waals surface area (Å²) in [6.07, 6.45) is 4.17. The number of benzene rings is 1. The zero-order valence-electron chi connectivity index (χ0n) is 18.7. The van der Waals surface area contributed by atoms with Gasteiger partial charge >= 0.3 is 0 Å². The molecular formula is C26H31N3O2S. The summed E-state index contributed by atoms with van der Waals surface area (Å²) in [5, 5.41) is 5.22. The van der Waals surface area contributed by atoms with Crippen molar-refractivity contribution in [2.75, 3.05) is 13.1 Å². The van der Waals surface area contributed by atoms with Crippen LogP contribution in [-0.2, 0) is 6.54 Å². The molecule has 2 unspecified atom stereocenters. The molecule has 1 amide bonds. The summed E-state index contributed by atoms with van der Waals surface area (Å²) < 4.78 is 5.76. The highest BCUT2D eigenvalue weighted by Crippen LogP contribution is 2.30. The van der Waals surface area contributed by atoms with Crippen molar-refractivity contribution in [1.29, 1.82) is 0 Å². The molecule has 3 aromatic rings. The van der Waals surface area contributed by atoms with E-state index < -0.39 is 0 Å². The first-order valence-corrected chi connectivity index (χ1v) is 12.2. The molecule has 0 spiro atoms. The third kappa shape index (κ3) is 5.96. The number of rotatable bonds is 8. The van der Waals surface area contributed by atoms with E-state index in [4.69, 9.17) is 4.74 Å². The van der Waals surface area contributed by atoms with Crippen molar-refractivity contribution in [3.05, 3.63) is 82.3 Å². The van der Waals surface area contributed by atoms with Gasteiger partial charge < -0.3 is 10.1 Å². The van der Waals surface area contributed by atoms with E-state index in [0.717, 1.165) is 48.8 Å². The maximum Gasteiger partial charge on any atom is 0.261 e. The van der Waals surface area contributed by atoms with E-state index in [-0.39, 0.29) is 18.1 Å². The fourth-order valence-electron chi connectivity index (χ4n) is 4.32. The lowest BCUT2D eigenvalue weighted by atomic mass is 9.88. The maximum atomic E-state index is 12.9. The van der Waals surface area contributed by atoms with Crippen LogP contribution in [0.15, 0.2) is 66.2 Å². The Hall–Kier alpha value is -2.70. The molecule has 5 nitrogen and oxygen atoms in total. The first-order valence-electron chi connectivity index (χ1n) is 11.3. The van der Waals surface area contributed by atoms with Crippen LogP contribution in [0.4, 0.5) is 0 Å². The zero-order valence-corrected chi connectivity index (χ0v) is 19.6. The number of pyridine rings is 1. The Morgan fingerprint density at radius 2 is 2.03 bits per heavy atom. The molecule has 1 fully saturated rings. The molecule has 1 aliphatic rings. The zero-order chi connectivity index (χ0) is 22.3. The number of nitrogens with one attached hydrogen (secondary N) is 1. The predicted molar refractivity (Wildman–Crippen MR) is 129 cm³/mol. The summed E-state index contributed by atoms with van der Waals surface area (Å²) in [5.41, 5.74) is 2.21. The number of hydrogen-bond donors (Lipinski definition) is 1. The van der Waals surface area contributed by atoms with Crippen molar-refractivity contribution in [1.82, 2.24) is 15.2 Å². The lowest BCUT2D eigenvalue weighted by Crippen LogP contribution is -2.42. The van der Waals surface area contributed by atoms with Gasteiger partial charge in [-0.1, -0.05) is 24.3 Å². The lowest BCUT2D eigenvalue weighted by molar-refractivity contribution is 0.0879. The minimum atomic E-state index is -0.101. The van der Waals surface area contributed by atoms with Crippen molar-refractivity contribution in [3.8, 4) is 5.75 Å². The van der Waals surface area contributed by atoms with Gasteiger partial charge in [-0.15, -0.1) is 11.3 Å². The molecule has 0 aliphatic carbocycles. The number of carbonyl (C=O) groups is 1. The van der Waals surface area contributed by atoms with Crippen molar-refractivity contribution in [3.63, 3.8) is 0 Å². The molecule has 0 radical (unpaired) electrons. The molecule has 1 N–H and O–H groups in total.